The Balaban J connectivity index is 2.02. The average molecular weight is 250 g/mol. The normalized spacial score (nSPS) is 28.6. The summed E-state index contributed by atoms with van der Waals surface area (Å²) in [5, 5.41) is 10.1. The van der Waals surface area contributed by atoms with Gasteiger partial charge in [0.2, 0.25) is 0 Å². The predicted octanol–water partition coefficient (Wildman–Crippen LogP) is 3.80. The molecule has 1 fully saturated rings. The van der Waals surface area contributed by atoms with Gasteiger partial charge in [0.25, 0.3) is 0 Å². The Labute approximate surface area is 109 Å². The molecule has 1 saturated carbocycles. The SMILES string of the molecule is CC(C)C1CCC(O)C(Cc2cccc(F)c2)C1. The number of hydrogen-bond acceptors (Lipinski definition) is 1. The number of hydrogen-bond donors (Lipinski definition) is 1. The molecule has 1 aliphatic carbocycles. The highest BCUT2D eigenvalue weighted by Crippen LogP contribution is 2.35. The summed E-state index contributed by atoms with van der Waals surface area (Å²) in [4.78, 5) is 0. The van der Waals surface area contributed by atoms with Gasteiger partial charge in [0.1, 0.15) is 5.82 Å². The van der Waals surface area contributed by atoms with Gasteiger partial charge in [0.05, 0.1) is 6.10 Å². The molecule has 0 spiro atoms. The summed E-state index contributed by atoms with van der Waals surface area (Å²) >= 11 is 0. The zero-order chi connectivity index (χ0) is 13.1. The van der Waals surface area contributed by atoms with Crippen LogP contribution in [0.5, 0.6) is 0 Å². The molecule has 2 heteroatoms. The third kappa shape index (κ3) is 3.32. The highest BCUT2D eigenvalue weighted by molar-refractivity contribution is 5.17. The molecule has 3 unspecified atom stereocenters. The number of rotatable bonds is 3. The zero-order valence-electron chi connectivity index (χ0n) is 11.3. The molecule has 2 rings (SSSR count). The van der Waals surface area contributed by atoms with Gasteiger partial charge in [-0.2, -0.15) is 0 Å². The first-order valence-corrected chi connectivity index (χ1v) is 6.98. The monoisotopic (exact) mass is 250 g/mol. The molecule has 0 amide bonds. The summed E-state index contributed by atoms with van der Waals surface area (Å²) in [5.41, 5.74) is 1.00. The first-order chi connectivity index (χ1) is 8.56. The lowest BCUT2D eigenvalue weighted by atomic mass is 9.73. The maximum Gasteiger partial charge on any atom is 0.123 e. The summed E-state index contributed by atoms with van der Waals surface area (Å²) in [7, 11) is 0. The molecule has 1 aliphatic rings. The second kappa shape index (κ2) is 5.83. The van der Waals surface area contributed by atoms with E-state index in [9.17, 15) is 9.50 Å². The Hall–Kier alpha value is -0.890. The van der Waals surface area contributed by atoms with Gasteiger partial charge < -0.3 is 5.11 Å². The predicted molar refractivity (Wildman–Crippen MR) is 71.8 cm³/mol. The van der Waals surface area contributed by atoms with Crippen LogP contribution >= 0.6 is 0 Å². The van der Waals surface area contributed by atoms with Crippen molar-refractivity contribution >= 4 is 0 Å². The minimum absolute atomic E-state index is 0.182. The average Bonchev–Trinajstić information content (AvgIpc) is 2.31. The Kier molecular flexibility index (Phi) is 4.39. The van der Waals surface area contributed by atoms with Crippen LogP contribution in [0.3, 0.4) is 0 Å². The Morgan fingerprint density at radius 3 is 2.78 bits per heavy atom. The number of benzene rings is 1. The molecule has 18 heavy (non-hydrogen) atoms. The lowest BCUT2D eigenvalue weighted by Gasteiger charge is -2.35. The molecule has 3 atom stereocenters. The van der Waals surface area contributed by atoms with Crippen molar-refractivity contribution in [3.05, 3.63) is 35.6 Å². The molecule has 0 aromatic heterocycles. The van der Waals surface area contributed by atoms with E-state index in [0.717, 1.165) is 31.2 Å². The van der Waals surface area contributed by atoms with Gasteiger partial charge >= 0.3 is 0 Å². The van der Waals surface area contributed by atoms with Gasteiger partial charge in [-0.1, -0.05) is 26.0 Å². The van der Waals surface area contributed by atoms with Crippen LogP contribution < -0.4 is 0 Å². The van der Waals surface area contributed by atoms with E-state index in [2.05, 4.69) is 13.8 Å². The molecule has 1 nitrogen and oxygen atoms in total. The van der Waals surface area contributed by atoms with Gasteiger partial charge in [-0.3, -0.25) is 0 Å². The van der Waals surface area contributed by atoms with E-state index in [0.29, 0.717) is 11.8 Å². The van der Waals surface area contributed by atoms with E-state index >= 15 is 0 Å². The molecule has 1 aromatic carbocycles. The molecular formula is C16H23FO. The Bertz CT molecular complexity index is 388. The van der Waals surface area contributed by atoms with Crippen molar-refractivity contribution in [2.45, 2.75) is 45.6 Å². The van der Waals surface area contributed by atoms with Crippen molar-refractivity contribution in [1.82, 2.24) is 0 Å². The van der Waals surface area contributed by atoms with Crippen LogP contribution in [0.2, 0.25) is 0 Å². The first-order valence-electron chi connectivity index (χ1n) is 6.98. The number of halogens is 1. The molecule has 0 saturated heterocycles. The molecule has 0 bridgehead atoms. The van der Waals surface area contributed by atoms with Gasteiger partial charge in [0.15, 0.2) is 0 Å². The molecule has 0 heterocycles. The highest BCUT2D eigenvalue weighted by Gasteiger charge is 2.30. The van der Waals surface area contributed by atoms with Crippen LogP contribution in [0.4, 0.5) is 4.39 Å². The van der Waals surface area contributed by atoms with E-state index < -0.39 is 0 Å². The van der Waals surface area contributed by atoms with Crippen molar-refractivity contribution in [2.75, 3.05) is 0 Å². The van der Waals surface area contributed by atoms with Crippen LogP contribution in [0, 0.1) is 23.6 Å². The Morgan fingerprint density at radius 1 is 1.33 bits per heavy atom. The minimum Gasteiger partial charge on any atom is -0.393 e. The fourth-order valence-electron chi connectivity index (χ4n) is 3.08. The minimum atomic E-state index is -0.219. The van der Waals surface area contributed by atoms with Crippen LogP contribution in [0.25, 0.3) is 0 Å². The van der Waals surface area contributed by atoms with Crippen LogP contribution in [0.15, 0.2) is 24.3 Å². The van der Waals surface area contributed by atoms with Crippen LogP contribution in [0.1, 0.15) is 38.7 Å². The topological polar surface area (TPSA) is 20.2 Å². The lowest BCUT2D eigenvalue weighted by molar-refractivity contribution is 0.0378. The van der Waals surface area contributed by atoms with Gasteiger partial charge in [-0.25, -0.2) is 4.39 Å². The van der Waals surface area contributed by atoms with Crippen LogP contribution in [-0.4, -0.2) is 11.2 Å². The quantitative estimate of drug-likeness (QED) is 0.865. The molecule has 1 N–H and O–H groups in total. The number of aliphatic hydroxyl groups excluding tert-OH is 1. The van der Waals surface area contributed by atoms with Crippen molar-refractivity contribution in [3.8, 4) is 0 Å². The Morgan fingerprint density at radius 2 is 2.11 bits per heavy atom. The highest BCUT2D eigenvalue weighted by atomic mass is 19.1. The van der Waals surface area contributed by atoms with Crippen molar-refractivity contribution in [1.29, 1.82) is 0 Å². The summed E-state index contributed by atoms with van der Waals surface area (Å²) in [6.07, 6.45) is 3.65. The van der Waals surface area contributed by atoms with E-state index in [-0.39, 0.29) is 17.8 Å². The summed E-state index contributed by atoms with van der Waals surface area (Å²) in [6, 6.07) is 6.76. The van der Waals surface area contributed by atoms with E-state index in [1.54, 1.807) is 12.1 Å². The second-order valence-corrected chi connectivity index (χ2v) is 5.98. The van der Waals surface area contributed by atoms with Gasteiger partial charge in [-0.05, 0) is 61.1 Å². The third-order valence-corrected chi connectivity index (χ3v) is 4.31. The van der Waals surface area contributed by atoms with Crippen molar-refractivity contribution in [3.63, 3.8) is 0 Å². The van der Waals surface area contributed by atoms with Gasteiger partial charge in [-0.15, -0.1) is 0 Å². The maximum absolute atomic E-state index is 13.2. The zero-order valence-corrected chi connectivity index (χ0v) is 11.3. The van der Waals surface area contributed by atoms with Gasteiger partial charge in [0, 0.05) is 0 Å². The van der Waals surface area contributed by atoms with Crippen molar-refractivity contribution in [2.24, 2.45) is 17.8 Å². The second-order valence-electron chi connectivity index (χ2n) is 5.98. The molecule has 100 valence electrons. The number of aliphatic hydroxyl groups is 1. The molecule has 0 aliphatic heterocycles. The van der Waals surface area contributed by atoms with E-state index in [1.807, 2.05) is 6.07 Å². The molecule has 1 aromatic rings. The fraction of sp³-hybridized carbons (Fsp3) is 0.625. The first kappa shape index (κ1) is 13.5. The van der Waals surface area contributed by atoms with Crippen LogP contribution in [-0.2, 0) is 6.42 Å². The third-order valence-electron chi connectivity index (χ3n) is 4.31. The van der Waals surface area contributed by atoms with Crippen molar-refractivity contribution < 1.29 is 9.50 Å². The fourth-order valence-corrected chi connectivity index (χ4v) is 3.08. The lowest BCUT2D eigenvalue weighted by Crippen LogP contribution is -2.32. The summed E-state index contributed by atoms with van der Waals surface area (Å²) < 4.78 is 13.2. The maximum atomic E-state index is 13.2. The summed E-state index contributed by atoms with van der Waals surface area (Å²) in [5.74, 6) is 1.48. The molecule has 0 radical (unpaired) electrons. The largest absolute Gasteiger partial charge is 0.393 e. The summed E-state index contributed by atoms with van der Waals surface area (Å²) in [6.45, 7) is 4.50. The standard InChI is InChI=1S/C16H23FO/c1-11(2)13-6-7-16(18)14(10-13)8-12-4-3-5-15(17)9-12/h3-5,9,11,13-14,16,18H,6-8,10H2,1-2H3. The van der Waals surface area contributed by atoms with E-state index in [1.165, 1.54) is 6.07 Å². The smallest absolute Gasteiger partial charge is 0.123 e. The van der Waals surface area contributed by atoms with E-state index in [4.69, 9.17) is 0 Å². The molecular weight excluding hydrogens is 227 g/mol.